The Morgan fingerprint density at radius 3 is 2.89 bits per heavy atom. The molecule has 0 amide bonds. The van der Waals surface area contributed by atoms with E-state index >= 15 is 0 Å². The minimum Gasteiger partial charge on any atom is -0.384 e. The minimum atomic E-state index is 0.677. The first-order valence-electron chi connectivity index (χ1n) is 5.95. The Morgan fingerprint density at radius 1 is 1.33 bits per heavy atom. The van der Waals surface area contributed by atoms with Gasteiger partial charge in [-0.1, -0.05) is 28.1 Å². The molecule has 96 valence electrons. The van der Waals surface area contributed by atoms with E-state index in [0.29, 0.717) is 13.1 Å². The second kappa shape index (κ2) is 6.02. The number of benzene rings is 1. The summed E-state index contributed by atoms with van der Waals surface area (Å²) in [5.41, 5.74) is 13.8. The lowest BCUT2D eigenvalue weighted by molar-refractivity contribution is 0.696. The van der Waals surface area contributed by atoms with Gasteiger partial charge in [0.15, 0.2) is 0 Å². The Hall–Kier alpha value is -1.33. The van der Waals surface area contributed by atoms with Crippen LogP contribution in [0, 0.1) is 0 Å². The van der Waals surface area contributed by atoms with Crippen LogP contribution in [0.1, 0.15) is 17.5 Å². The maximum atomic E-state index is 6.08. The van der Waals surface area contributed by atoms with Gasteiger partial charge in [-0.25, -0.2) is 4.68 Å². The van der Waals surface area contributed by atoms with Crippen molar-refractivity contribution in [3.8, 4) is 0 Å². The van der Waals surface area contributed by atoms with Gasteiger partial charge in [-0.2, -0.15) is 5.10 Å². The lowest BCUT2D eigenvalue weighted by Crippen LogP contribution is -2.07. The fraction of sp³-hybridized carbons (Fsp3) is 0.308. The maximum Gasteiger partial charge on any atom is 0.125 e. The number of nitrogens with zero attached hydrogens (tertiary/aromatic N) is 2. The predicted octanol–water partition coefficient (Wildman–Crippen LogP) is 2.17. The normalized spacial score (nSPS) is 10.8. The molecule has 5 heteroatoms. The molecule has 1 aromatic heterocycles. The third-order valence-corrected chi connectivity index (χ3v) is 3.32. The van der Waals surface area contributed by atoms with Crippen molar-refractivity contribution in [2.75, 3.05) is 12.3 Å². The lowest BCUT2D eigenvalue weighted by atomic mass is 10.2. The second-order valence-corrected chi connectivity index (χ2v) is 5.15. The highest BCUT2D eigenvalue weighted by Gasteiger charge is 2.07. The van der Waals surface area contributed by atoms with Gasteiger partial charge < -0.3 is 11.5 Å². The highest BCUT2D eigenvalue weighted by Crippen LogP contribution is 2.17. The average molecular weight is 309 g/mol. The highest BCUT2D eigenvalue weighted by molar-refractivity contribution is 9.10. The number of nitrogen functional groups attached to an aromatic ring is 1. The van der Waals surface area contributed by atoms with E-state index in [4.69, 9.17) is 11.5 Å². The van der Waals surface area contributed by atoms with E-state index in [9.17, 15) is 0 Å². The first-order chi connectivity index (χ1) is 8.70. The molecule has 2 rings (SSSR count). The summed E-state index contributed by atoms with van der Waals surface area (Å²) in [4.78, 5) is 0. The molecular formula is C13H17BrN4. The van der Waals surface area contributed by atoms with Crippen LogP contribution in [0.2, 0.25) is 0 Å². The third kappa shape index (κ3) is 3.11. The molecule has 4 N–H and O–H groups in total. The molecule has 0 unspecified atom stereocenters. The summed E-state index contributed by atoms with van der Waals surface area (Å²) in [5.74, 6) is 0.739. The van der Waals surface area contributed by atoms with E-state index < -0.39 is 0 Å². The van der Waals surface area contributed by atoms with Gasteiger partial charge in [0.05, 0.1) is 12.7 Å². The fourth-order valence-electron chi connectivity index (χ4n) is 1.85. The van der Waals surface area contributed by atoms with Crippen LogP contribution in [0.25, 0.3) is 0 Å². The molecule has 1 heterocycles. The van der Waals surface area contributed by atoms with Crippen molar-refractivity contribution in [3.63, 3.8) is 0 Å². The number of halogens is 1. The van der Waals surface area contributed by atoms with Crippen molar-refractivity contribution < 1.29 is 0 Å². The molecule has 0 saturated heterocycles. The quantitative estimate of drug-likeness (QED) is 0.889. The number of anilines is 1. The summed E-state index contributed by atoms with van der Waals surface area (Å²) < 4.78 is 2.89. The van der Waals surface area contributed by atoms with Gasteiger partial charge in [0, 0.05) is 10.0 Å². The third-order valence-electron chi connectivity index (χ3n) is 2.83. The van der Waals surface area contributed by atoms with E-state index in [0.717, 1.165) is 28.7 Å². The van der Waals surface area contributed by atoms with E-state index in [1.54, 1.807) is 0 Å². The van der Waals surface area contributed by atoms with Gasteiger partial charge in [0.25, 0.3) is 0 Å². The van der Waals surface area contributed by atoms with Gasteiger partial charge in [-0.05, 0) is 37.1 Å². The molecule has 0 aliphatic rings. The summed E-state index contributed by atoms with van der Waals surface area (Å²) >= 11 is 3.46. The number of aromatic nitrogens is 2. The maximum absolute atomic E-state index is 6.08. The largest absolute Gasteiger partial charge is 0.384 e. The molecule has 0 saturated carbocycles. The lowest BCUT2D eigenvalue weighted by Gasteiger charge is -2.06. The molecule has 0 aliphatic carbocycles. The smallest absolute Gasteiger partial charge is 0.125 e. The molecule has 1 aromatic carbocycles. The van der Waals surface area contributed by atoms with Crippen molar-refractivity contribution >= 4 is 21.7 Å². The van der Waals surface area contributed by atoms with Crippen LogP contribution < -0.4 is 11.5 Å². The topological polar surface area (TPSA) is 69.9 Å². The van der Waals surface area contributed by atoms with Crippen LogP contribution in [0.4, 0.5) is 5.82 Å². The van der Waals surface area contributed by atoms with Crippen molar-refractivity contribution in [3.05, 3.63) is 46.1 Å². The van der Waals surface area contributed by atoms with Crippen molar-refractivity contribution in [2.45, 2.75) is 19.4 Å². The van der Waals surface area contributed by atoms with Gasteiger partial charge >= 0.3 is 0 Å². The number of hydrogen-bond acceptors (Lipinski definition) is 3. The van der Waals surface area contributed by atoms with Crippen molar-refractivity contribution in [1.82, 2.24) is 9.78 Å². The summed E-state index contributed by atoms with van der Waals surface area (Å²) in [6, 6.07) is 8.14. The van der Waals surface area contributed by atoms with E-state index in [1.165, 1.54) is 5.56 Å². The number of aryl methyl sites for hydroxylation is 1. The van der Waals surface area contributed by atoms with E-state index in [-0.39, 0.29) is 0 Å². The van der Waals surface area contributed by atoms with Crippen molar-refractivity contribution in [2.24, 2.45) is 5.73 Å². The average Bonchev–Trinajstić information content (AvgIpc) is 2.69. The van der Waals surface area contributed by atoms with Crippen LogP contribution in [0.15, 0.2) is 34.9 Å². The molecule has 0 bridgehead atoms. The molecule has 4 nitrogen and oxygen atoms in total. The summed E-state index contributed by atoms with van der Waals surface area (Å²) in [6.07, 6.45) is 3.66. The van der Waals surface area contributed by atoms with Crippen molar-refractivity contribution in [1.29, 1.82) is 0 Å². The fourth-order valence-corrected chi connectivity index (χ4v) is 2.30. The first-order valence-corrected chi connectivity index (χ1v) is 6.74. The molecule has 0 fully saturated rings. The standard InChI is InChI=1S/C13H17BrN4/c14-12-5-1-3-10(7-12)9-18-13(16)11(8-17-18)4-2-6-15/h1,3,5,7-8H,2,4,6,9,15-16H2. The Kier molecular flexibility index (Phi) is 4.38. The van der Waals surface area contributed by atoms with Gasteiger partial charge in [-0.3, -0.25) is 0 Å². The monoisotopic (exact) mass is 308 g/mol. The minimum absolute atomic E-state index is 0.677. The number of rotatable bonds is 5. The Bertz CT molecular complexity index is 521. The number of hydrogen-bond donors (Lipinski definition) is 2. The Morgan fingerprint density at radius 2 is 2.17 bits per heavy atom. The van der Waals surface area contributed by atoms with Gasteiger partial charge in [-0.15, -0.1) is 0 Å². The van der Waals surface area contributed by atoms with Crippen LogP contribution in [-0.4, -0.2) is 16.3 Å². The van der Waals surface area contributed by atoms with Gasteiger partial charge in [0.1, 0.15) is 5.82 Å². The highest BCUT2D eigenvalue weighted by atomic mass is 79.9. The Labute approximate surface area is 115 Å². The summed E-state index contributed by atoms with van der Waals surface area (Å²) in [7, 11) is 0. The zero-order chi connectivity index (χ0) is 13.0. The molecule has 18 heavy (non-hydrogen) atoms. The molecular weight excluding hydrogens is 292 g/mol. The van der Waals surface area contributed by atoms with Crippen LogP contribution >= 0.6 is 15.9 Å². The molecule has 0 atom stereocenters. The molecule has 0 aliphatic heterocycles. The van der Waals surface area contributed by atoms with E-state index in [2.05, 4.69) is 33.2 Å². The molecule has 0 spiro atoms. The summed E-state index contributed by atoms with van der Waals surface area (Å²) in [5, 5.41) is 4.33. The number of nitrogens with two attached hydrogens (primary N) is 2. The SMILES string of the molecule is NCCCc1cnn(Cc2cccc(Br)c2)c1N. The summed E-state index contributed by atoms with van der Waals surface area (Å²) in [6.45, 7) is 1.37. The van der Waals surface area contributed by atoms with Crippen LogP contribution in [0.3, 0.4) is 0 Å². The predicted molar refractivity (Wildman–Crippen MR) is 77.3 cm³/mol. The first kappa shape index (κ1) is 13.1. The second-order valence-electron chi connectivity index (χ2n) is 4.23. The van der Waals surface area contributed by atoms with Crippen LogP contribution in [0.5, 0.6) is 0 Å². The zero-order valence-electron chi connectivity index (χ0n) is 10.1. The molecule has 2 aromatic rings. The van der Waals surface area contributed by atoms with Crippen LogP contribution in [-0.2, 0) is 13.0 Å². The van der Waals surface area contributed by atoms with E-state index in [1.807, 2.05) is 23.0 Å². The zero-order valence-corrected chi connectivity index (χ0v) is 11.7. The molecule has 0 radical (unpaired) electrons. The van der Waals surface area contributed by atoms with Gasteiger partial charge in [0.2, 0.25) is 0 Å². The Balaban J connectivity index is 2.12.